The number of benzene rings is 1. The molecular weight excluding hydrogens is 348 g/mol. The highest BCUT2D eigenvalue weighted by molar-refractivity contribution is 7.91. The van der Waals surface area contributed by atoms with Crippen molar-refractivity contribution in [2.75, 3.05) is 28.3 Å². The van der Waals surface area contributed by atoms with E-state index in [4.69, 9.17) is 0 Å². The quantitative estimate of drug-likeness (QED) is 0.838. The molecule has 1 aromatic heterocycles. The number of aromatic nitrogens is 2. The third kappa shape index (κ3) is 4.52. The monoisotopic (exact) mass is 374 g/mol. The van der Waals surface area contributed by atoms with E-state index in [1.165, 1.54) is 11.1 Å². The molecule has 7 heteroatoms. The standard InChI is InChI=1S/C19H26N4O2S/c1-4-23(17-8-9-26(24,25)13-17)18-11-15(3)21-19(22-18)20-12-16-7-5-6-14(2)10-16/h5-7,10-11,17H,4,8-9,12-13H2,1-3H3,(H,20,21,22). The maximum Gasteiger partial charge on any atom is 0.225 e. The lowest BCUT2D eigenvalue weighted by Crippen LogP contribution is -2.37. The second kappa shape index (κ2) is 7.61. The van der Waals surface area contributed by atoms with Gasteiger partial charge in [0.05, 0.1) is 11.5 Å². The Kier molecular flexibility index (Phi) is 5.46. The van der Waals surface area contributed by atoms with Crippen LogP contribution in [0.4, 0.5) is 11.8 Å². The van der Waals surface area contributed by atoms with Gasteiger partial charge in [-0.1, -0.05) is 29.8 Å². The van der Waals surface area contributed by atoms with E-state index in [-0.39, 0.29) is 17.5 Å². The Hall–Kier alpha value is -2.15. The molecule has 1 aliphatic rings. The van der Waals surface area contributed by atoms with Gasteiger partial charge in [-0.25, -0.2) is 13.4 Å². The molecule has 6 nitrogen and oxygen atoms in total. The predicted molar refractivity (Wildman–Crippen MR) is 105 cm³/mol. The van der Waals surface area contributed by atoms with Gasteiger partial charge in [0.15, 0.2) is 9.84 Å². The molecule has 0 radical (unpaired) electrons. The van der Waals surface area contributed by atoms with E-state index in [0.717, 1.165) is 11.5 Å². The second-order valence-corrected chi connectivity index (χ2v) is 9.11. The topological polar surface area (TPSA) is 75.2 Å². The van der Waals surface area contributed by atoms with Gasteiger partial charge in [0.1, 0.15) is 5.82 Å². The fraction of sp³-hybridized carbons (Fsp3) is 0.474. The summed E-state index contributed by atoms with van der Waals surface area (Å²) in [5.41, 5.74) is 3.25. The summed E-state index contributed by atoms with van der Waals surface area (Å²) in [7, 11) is -2.93. The van der Waals surface area contributed by atoms with Crippen LogP contribution >= 0.6 is 0 Å². The van der Waals surface area contributed by atoms with Crippen molar-refractivity contribution in [3.8, 4) is 0 Å². The van der Waals surface area contributed by atoms with E-state index >= 15 is 0 Å². The Balaban J connectivity index is 1.78. The molecule has 0 bridgehead atoms. The fourth-order valence-electron chi connectivity index (χ4n) is 3.41. The zero-order valence-electron chi connectivity index (χ0n) is 15.6. The van der Waals surface area contributed by atoms with E-state index in [1.54, 1.807) is 0 Å². The van der Waals surface area contributed by atoms with Gasteiger partial charge in [-0.05, 0) is 32.8 Å². The molecule has 0 aliphatic carbocycles. The van der Waals surface area contributed by atoms with Crippen molar-refractivity contribution in [1.82, 2.24) is 9.97 Å². The minimum atomic E-state index is -2.93. The Morgan fingerprint density at radius 1 is 1.23 bits per heavy atom. The zero-order chi connectivity index (χ0) is 18.7. The summed E-state index contributed by atoms with van der Waals surface area (Å²) in [5.74, 6) is 1.82. The van der Waals surface area contributed by atoms with Crippen LogP contribution in [-0.2, 0) is 16.4 Å². The van der Waals surface area contributed by atoms with Gasteiger partial charge in [-0.15, -0.1) is 0 Å². The SMILES string of the molecule is CCN(c1cc(C)nc(NCc2cccc(C)c2)n1)C1CCS(=O)(=O)C1. The number of nitrogens with zero attached hydrogens (tertiary/aromatic N) is 3. The van der Waals surface area contributed by atoms with Gasteiger partial charge in [0, 0.05) is 30.9 Å². The average Bonchev–Trinajstić information content (AvgIpc) is 2.93. The molecule has 2 aromatic rings. The van der Waals surface area contributed by atoms with Crippen molar-refractivity contribution in [3.05, 3.63) is 47.2 Å². The van der Waals surface area contributed by atoms with E-state index in [2.05, 4.69) is 45.3 Å². The second-order valence-electron chi connectivity index (χ2n) is 6.88. The Bertz CT molecular complexity index is 883. The van der Waals surface area contributed by atoms with Crippen molar-refractivity contribution in [1.29, 1.82) is 0 Å². The van der Waals surface area contributed by atoms with Gasteiger partial charge in [-0.3, -0.25) is 0 Å². The average molecular weight is 375 g/mol. The highest BCUT2D eigenvalue weighted by atomic mass is 32.2. The van der Waals surface area contributed by atoms with Crippen molar-refractivity contribution < 1.29 is 8.42 Å². The molecule has 0 spiro atoms. The van der Waals surface area contributed by atoms with Crippen LogP contribution in [0.2, 0.25) is 0 Å². The molecule has 26 heavy (non-hydrogen) atoms. The first-order chi connectivity index (χ1) is 12.4. The van der Waals surface area contributed by atoms with E-state index in [9.17, 15) is 8.42 Å². The third-order valence-corrected chi connectivity index (χ3v) is 6.41. The van der Waals surface area contributed by atoms with E-state index < -0.39 is 9.84 Å². The van der Waals surface area contributed by atoms with Gasteiger partial charge < -0.3 is 10.2 Å². The number of anilines is 2. The predicted octanol–water partition coefficient (Wildman–Crippen LogP) is 2.72. The largest absolute Gasteiger partial charge is 0.353 e. The number of nitrogens with one attached hydrogen (secondary N) is 1. The first-order valence-electron chi connectivity index (χ1n) is 8.98. The first-order valence-corrected chi connectivity index (χ1v) is 10.8. The molecular formula is C19H26N4O2S. The summed E-state index contributed by atoms with van der Waals surface area (Å²) in [6.45, 7) is 7.40. The van der Waals surface area contributed by atoms with Crippen LogP contribution in [-0.4, -0.2) is 42.5 Å². The van der Waals surface area contributed by atoms with Crippen LogP contribution in [0.25, 0.3) is 0 Å². The zero-order valence-corrected chi connectivity index (χ0v) is 16.4. The van der Waals surface area contributed by atoms with Gasteiger partial charge in [0.25, 0.3) is 0 Å². The van der Waals surface area contributed by atoms with Crippen molar-refractivity contribution in [2.24, 2.45) is 0 Å². The van der Waals surface area contributed by atoms with Gasteiger partial charge in [-0.2, -0.15) is 4.98 Å². The summed E-state index contributed by atoms with van der Waals surface area (Å²) in [4.78, 5) is 11.2. The Morgan fingerprint density at radius 2 is 2.04 bits per heavy atom. The maximum absolute atomic E-state index is 11.8. The van der Waals surface area contributed by atoms with Crippen LogP contribution in [0.3, 0.4) is 0 Å². The van der Waals surface area contributed by atoms with Crippen LogP contribution in [0, 0.1) is 13.8 Å². The van der Waals surface area contributed by atoms with Crippen LogP contribution < -0.4 is 10.2 Å². The Morgan fingerprint density at radius 3 is 2.69 bits per heavy atom. The number of rotatable bonds is 6. The molecule has 0 amide bonds. The molecule has 140 valence electrons. The highest BCUT2D eigenvalue weighted by Gasteiger charge is 2.32. The van der Waals surface area contributed by atoms with Crippen molar-refractivity contribution >= 4 is 21.6 Å². The van der Waals surface area contributed by atoms with Gasteiger partial charge >= 0.3 is 0 Å². The normalized spacial score (nSPS) is 18.7. The number of aryl methyl sites for hydroxylation is 2. The minimum Gasteiger partial charge on any atom is -0.353 e. The summed E-state index contributed by atoms with van der Waals surface area (Å²) in [5, 5.41) is 3.29. The lowest BCUT2D eigenvalue weighted by Gasteiger charge is -2.28. The molecule has 1 atom stereocenters. The summed E-state index contributed by atoms with van der Waals surface area (Å²) >= 11 is 0. The highest BCUT2D eigenvalue weighted by Crippen LogP contribution is 2.24. The third-order valence-electron chi connectivity index (χ3n) is 4.66. The molecule has 1 aliphatic heterocycles. The lowest BCUT2D eigenvalue weighted by molar-refractivity contribution is 0.599. The molecule has 2 heterocycles. The summed E-state index contributed by atoms with van der Waals surface area (Å²) in [6, 6.07) is 10.2. The molecule has 3 rings (SSSR count). The fourth-order valence-corrected chi connectivity index (χ4v) is 5.14. The molecule has 0 saturated carbocycles. The smallest absolute Gasteiger partial charge is 0.225 e. The lowest BCUT2D eigenvalue weighted by atomic mass is 10.1. The minimum absolute atomic E-state index is 0.0103. The first kappa shape index (κ1) is 18.6. The maximum atomic E-state index is 11.8. The van der Waals surface area contributed by atoms with Crippen molar-refractivity contribution in [2.45, 2.75) is 39.8 Å². The number of hydrogen-bond acceptors (Lipinski definition) is 6. The number of hydrogen-bond donors (Lipinski definition) is 1. The van der Waals surface area contributed by atoms with Crippen molar-refractivity contribution in [3.63, 3.8) is 0 Å². The Labute approximate surface area is 155 Å². The molecule has 1 fully saturated rings. The van der Waals surface area contributed by atoms with Crippen LogP contribution in [0.1, 0.15) is 30.2 Å². The molecule has 1 N–H and O–H groups in total. The van der Waals surface area contributed by atoms with Gasteiger partial charge in [0.2, 0.25) is 5.95 Å². The van der Waals surface area contributed by atoms with Crippen LogP contribution in [0.15, 0.2) is 30.3 Å². The number of sulfone groups is 1. The van der Waals surface area contributed by atoms with E-state index in [1.807, 2.05) is 26.0 Å². The summed E-state index contributed by atoms with van der Waals surface area (Å²) in [6.07, 6.45) is 0.658. The molecule has 1 saturated heterocycles. The molecule has 1 aromatic carbocycles. The summed E-state index contributed by atoms with van der Waals surface area (Å²) < 4.78 is 23.7. The van der Waals surface area contributed by atoms with Crippen LogP contribution in [0.5, 0.6) is 0 Å². The molecule has 1 unspecified atom stereocenters. The van der Waals surface area contributed by atoms with E-state index in [0.29, 0.717) is 25.5 Å².